The Labute approximate surface area is 118 Å². The highest BCUT2D eigenvalue weighted by Crippen LogP contribution is 2.24. The standard InChI is InChI=1S/C15H21FN2O2/c1-10-13(16)8-11(9-14(10)17)15(20)18-6-3-2-4-12(18)5-7-19/h8-9,12,19H,2-7,17H2,1H3. The lowest BCUT2D eigenvalue weighted by Gasteiger charge is -2.35. The van der Waals surface area contributed by atoms with E-state index in [0.29, 0.717) is 24.2 Å². The molecule has 1 saturated heterocycles. The van der Waals surface area contributed by atoms with Gasteiger partial charge in [-0.25, -0.2) is 4.39 Å². The molecule has 1 heterocycles. The molecule has 1 amide bonds. The van der Waals surface area contributed by atoms with Crippen LogP contribution in [0.5, 0.6) is 0 Å². The van der Waals surface area contributed by atoms with Gasteiger partial charge in [0, 0.05) is 36.0 Å². The summed E-state index contributed by atoms with van der Waals surface area (Å²) in [7, 11) is 0. The van der Waals surface area contributed by atoms with Crippen LogP contribution in [-0.4, -0.2) is 35.1 Å². The number of amides is 1. The van der Waals surface area contributed by atoms with Crippen molar-refractivity contribution in [2.45, 2.75) is 38.6 Å². The minimum atomic E-state index is -0.455. The van der Waals surface area contributed by atoms with Crippen molar-refractivity contribution < 1.29 is 14.3 Å². The van der Waals surface area contributed by atoms with Gasteiger partial charge < -0.3 is 15.7 Å². The van der Waals surface area contributed by atoms with Gasteiger partial charge in [-0.05, 0) is 44.7 Å². The first-order chi connectivity index (χ1) is 9.54. The molecular formula is C15H21FN2O2. The van der Waals surface area contributed by atoms with Crippen molar-refractivity contribution in [3.8, 4) is 0 Å². The summed E-state index contributed by atoms with van der Waals surface area (Å²) in [5.74, 6) is -0.655. The van der Waals surface area contributed by atoms with Crippen molar-refractivity contribution in [3.05, 3.63) is 29.1 Å². The molecule has 1 fully saturated rings. The summed E-state index contributed by atoms with van der Waals surface area (Å²) in [6.45, 7) is 2.30. The lowest BCUT2D eigenvalue weighted by atomic mass is 9.98. The molecule has 1 aromatic carbocycles. The molecule has 0 saturated carbocycles. The number of carbonyl (C=O) groups excluding carboxylic acids is 1. The first-order valence-electron chi connectivity index (χ1n) is 7.02. The van der Waals surface area contributed by atoms with E-state index in [-0.39, 0.29) is 24.1 Å². The van der Waals surface area contributed by atoms with E-state index in [1.165, 1.54) is 12.1 Å². The SMILES string of the molecule is Cc1c(N)cc(C(=O)N2CCCCC2CCO)cc1F. The largest absolute Gasteiger partial charge is 0.398 e. The quantitative estimate of drug-likeness (QED) is 0.833. The summed E-state index contributed by atoms with van der Waals surface area (Å²) in [4.78, 5) is 14.3. The normalized spacial score (nSPS) is 19.1. The zero-order chi connectivity index (χ0) is 14.7. The van der Waals surface area contributed by atoms with Gasteiger partial charge in [-0.1, -0.05) is 0 Å². The fourth-order valence-electron chi connectivity index (χ4n) is 2.71. The van der Waals surface area contributed by atoms with Crippen molar-refractivity contribution >= 4 is 11.6 Å². The number of carbonyl (C=O) groups is 1. The molecule has 5 heteroatoms. The zero-order valence-electron chi connectivity index (χ0n) is 11.7. The summed E-state index contributed by atoms with van der Waals surface area (Å²) in [5, 5.41) is 9.10. The molecule has 1 unspecified atom stereocenters. The van der Waals surface area contributed by atoms with Gasteiger partial charge in [0.25, 0.3) is 5.91 Å². The molecule has 110 valence electrons. The van der Waals surface area contributed by atoms with E-state index in [0.717, 1.165) is 19.3 Å². The number of hydrogen-bond donors (Lipinski definition) is 2. The lowest BCUT2D eigenvalue weighted by Crippen LogP contribution is -2.44. The number of anilines is 1. The molecule has 0 aromatic heterocycles. The number of nitrogen functional groups attached to an aromatic ring is 1. The predicted octanol–water partition coefficient (Wildman–Crippen LogP) is 2.09. The van der Waals surface area contributed by atoms with Gasteiger partial charge in [-0.15, -0.1) is 0 Å². The third-order valence-corrected chi connectivity index (χ3v) is 3.98. The molecule has 0 radical (unpaired) electrons. The number of nitrogens with two attached hydrogens (primary N) is 1. The topological polar surface area (TPSA) is 66.6 Å². The average molecular weight is 280 g/mol. The van der Waals surface area contributed by atoms with E-state index in [1.54, 1.807) is 11.8 Å². The molecule has 1 atom stereocenters. The second kappa shape index (κ2) is 6.22. The predicted molar refractivity (Wildman–Crippen MR) is 75.9 cm³/mol. The number of halogens is 1. The Morgan fingerprint density at radius 3 is 2.90 bits per heavy atom. The Bertz CT molecular complexity index is 480. The number of hydrogen-bond acceptors (Lipinski definition) is 3. The van der Waals surface area contributed by atoms with Gasteiger partial charge in [0.1, 0.15) is 5.82 Å². The Kier molecular flexibility index (Phi) is 4.60. The van der Waals surface area contributed by atoms with Gasteiger partial charge in [-0.3, -0.25) is 4.79 Å². The molecule has 1 aromatic rings. The first kappa shape index (κ1) is 14.8. The molecule has 0 aliphatic carbocycles. The summed E-state index contributed by atoms with van der Waals surface area (Å²) < 4.78 is 13.7. The molecule has 1 aliphatic rings. The summed E-state index contributed by atoms with van der Waals surface area (Å²) in [6.07, 6.45) is 3.45. The lowest BCUT2D eigenvalue weighted by molar-refractivity contribution is 0.0574. The van der Waals surface area contributed by atoms with Gasteiger partial charge in [0.15, 0.2) is 0 Å². The van der Waals surface area contributed by atoms with E-state index >= 15 is 0 Å². The molecule has 0 bridgehead atoms. The summed E-state index contributed by atoms with van der Waals surface area (Å²) in [6, 6.07) is 2.82. The molecular weight excluding hydrogens is 259 g/mol. The first-order valence-corrected chi connectivity index (χ1v) is 7.02. The van der Waals surface area contributed by atoms with Gasteiger partial charge in [0.2, 0.25) is 0 Å². The fourth-order valence-corrected chi connectivity index (χ4v) is 2.71. The number of rotatable bonds is 3. The van der Waals surface area contributed by atoms with E-state index in [9.17, 15) is 9.18 Å². The number of nitrogens with zero attached hydrogens (tertiary/aromatic N) is 1. The maximum Gasteiger partial charge on any atom is 0.254 e. The summed E-state index contributed by atoms with van der Waals surface area (Å²) >= 11 is 0. The van der Waals surface area contributed by atoms with Crippen LogP contribution in [0.25, 0.3) is 0 Å². The molecule has 20 heavy (non-hydrogen) atoms. The highest BCUT2D eigenvalue weighted by atomic mass is 19.1. The van der Waals surface area contributed by atoms with Crippen LogP contribution in [0.3, 0.4) is 0 Å². The van der Waals surface area contributed by atoms with Crippen LogP contribution < -0.4 is 5.73 Å². The Morgan fingerprint density at radius 1 is 1.50 bits per heavy atom. The van der Waals surface area contributed by atoms with E-state index in [4.69, 9.17) is 10.8 Å². The molecule has 3 N–H and O–H groups in total. The van der Waals surface area contributed by atoms with Crippen LogP contribution in [0.15, 0.2) is 12.1 Å². The highest BCUT2D eigenvalue weighted by molar-refractivity contribution is 5.95. The fraction of sp³-hybridized carbons (Fsp3) is 0.533. The maximum atomic E-state index is 13.7. The van der Waals surface area contributed by atoms with Gasteiger partial charge in [0.05, 0.1) is 0 Å². The molecule has 1 aliphatic heterocycles. The highest BCUT2D eigenvalue weighted by Gasteiger charge is 2.27. The molecule has 2 rings (SSSR count). The molecule has 4 nitrogen and oxygen atoms in total. The van der Waals surface area contributed by atoms with Crippen molar-refractivity contribution in [1.29, 1.82) is 0 Å². The van der Waals surface area contributed by atoms with Crippen molar-refractivity contribution in [2.24, 2.45) is 0 Å². The number of likely N-dealkylation sites (tertiary alicyclic amines) is 1. The van der Waals surface area contributed by atoms with Crippen LogP contribution in [0.1, 0.15) is 41.6 Å². The Hall–Kier alpha value is -1.62. The zero-order valence-corrected chi connectivity index (χ0v) is 11.7. The van der Waals surface area contributed by atoms with Crippen LogP contribution >= 0.6 is 0 Å². The number of aliphatic hydroxyl groups excluding tert-OH is 1. The van der Waals surface area contributed by atoms with E-state index in [2.05, 4.69) is 0 Å². The summed E-state index contributed by atoms with van der Waals surface area (Å²) in [5.41, 5.74) is 6.68. The van der Waals surface area contributed by atoms with Gasteiger partial charge in [-0.2, -0.15) is 0 Å². The Morgan fingerprint density at radius 2 is 2.25 bits per heavy atom. The van der Waals surface area contributed by atoms with Crippen LogP contribution in [-0.2, 0) is 0 Å². The second-order valence-electron chi connectivity index (χ2n) is 5.33. The average Bonchev–Trinajstić information content (AvgIpc) is 2.44. The minimum absolute atomic E-state index is 0.0341. The van der Waals surface area contributed by atoms with Gasteiger partial charge >= 0.3 is 0 Å². The number of piperidine rings is 1. The van der Waals surface area contributed by atoms with E-state index in [1.807, 2.05) is 0 Å². The Balaban J connectivity index is 2.25. The maximum absolute atomic E-state index is 13.7. The molecule has 0 spiro atoms. The van der Waals surface area contributed by atoms with E-state index < -0.39 is 5.82 Å². The smallest absolute Gasteiger partial charge is 0.254 e. The van der Waals surface area contributed by atoms with Crippen LogP contribution in [0, 0.1) is 12.7 Å². The van der Waals surface area contributed by atoms with Crippen molar-refractivity contribution in [2.75, 3.05) is 18.9 Å². The number of aliphatic hydroxyl groups is 1. The monoisotopic (exact) mass is 280 g/mol. The van der Waals surface area contributed by atoms with Crippen LogP contribution in [0.4, 0.5) is 10.1 Å². The van der Waals surface area contributed by atoms with Crippen molar-refractivity contribution in [3.63, 3.8) is 0 Å². The number of benzene rings is 1. The third kappa shape index (κ3) is 2.93. The minimum Gasteiger partial charge on any atom is -0.398 e. The van der Waals surface area contributed by atoms with Crippen LogP contribution in [0.2, 0.25) is 0 Å². The third-order valence-electron chi connectivity index (χ3n) is 3.98. The second-order valence-corrected chi connectivity index (χ2v) is 5.33. The van der Waals surface area contributed by atoms with Crippen molar-refractivity contribution in [1.82, 2.24) is 4.90 Å².